The predicted molar refractivity (Wildman–Crippen MR) is 91.2 cm³/mol. The third-order valence-electron chi connectivity index (χ3n) is 5.43. The van der Waals surface area contributed by atoms with E-state index < -0.39 is 5.97 Å². The molecule has 0 spiro atoms. The van der Waals surface area contributed by atoms with E-state index in [1.165, 1.54) is 0 Å². The molecule has 0 aliphatic carbocycles. The van der Waals surface area contributed by atoms with Gasteiger partial charge in [-0.1, -0.05) is 17.3 Å². The van der Waals surface area contributed by atoms with Crippen molar-refractivity contribution in [1.29, 1.82) is 0 Å². The van der Waals surface area contributed by atoms with Crippen molar-refractivity contribution in [3.8, 4) is 0 Å². The zero-order valence-electron chi connectivity index (χ0n) is 13.7. The van der Waals surface area contributed by atoms with E-state index in [9.17, 15) is 4.79 Å². The zero-order chi connectivity index (χ0) is 16.5. The molecule has 4 rings (SSSR count). The quantitative estimate of drug-likeness (QED) is 0.930. The number of carbonyl (C=O) groups is 1. The van der Waals surface area contributed by atoms with Crippen LogP contribution in [0.5, 0.6) is 0 Å². The van der Waals surface area contributed by atoms with Crippen LogP contribution in [0.25, 0.3) is 11.0 Å². The van der Waals surface area contributed by atoms with E-state index in [-0.39, 0.29) is 0 Å². The molecule has 2 fully saturated rings. The highest BCUT2D eigenvalue weighted by molar-refractivity contribution is 5.88. The molecule has 2 aliphatic rings. The summed E-state index contributed by atoms with van der Waals surface area (Å²) in [5.74, 6) is 0.801. The first-order chi connectivity index (χ1) is 11.7. The number of nitrogens with zero attached hydrogens (tertiary/aromatic N) is 3. The molecule has 1 aromatic carbocycles. The Hall–Kier alpha value is -2.08. The lowest BCUT2D eigenvalue weighted by Crippen LogP contribution is -2.56. The largest absolute Gasteiger partial charge is 0.481 e. The van der Waals surface area contributed by atoms with Gasteiger partial charge in [0, 0.05) is 38.6 Å². The maximum Gasteiger partial charge on any atom is 0.303 e. The number of aliphatic carboxylic acids is 1. The number of benzene rings is 1. The first-order valence-corrected chi connectivity index (χ1v) is 8.76. The number of carboxylic acids is 1. The van der Waals surface area contributed by atoms with Crippen LogP contribution >= 0.6 is 0 Å². The molecule has 2 atom stereocenters. The van der Waals surface area contributed by atoms with E-state index in [1.54, 1.807) is 0 Å². The number of piperazine rings is 1. The number of anilines is 1. The van der Waals surface area contributed by atoms with Crippen molar-refractivity contribution in [1.82, 2.24) is 10.1 Å². The summed E-state index contributed by atoms with van der Waals surface area (Å²) in [5.41, 5.74) is 0.840. The molecule has 6 nitrogen and oxygen atoms in total. The Kier molecular flexibility index (Phi) is 4.14. The summed E-state index contributed by atoms with van der Waals surface area (Å²) in [7, 11) is 0. The Balaban J connectivity index is 1.41. The molecular weight excluding hydrogens is 306 g/mol. The lowest BCUT2D eigenvalue weighted by Gasteiger charge is -2.46. The molecule has 0 bridgehead atoms. The van der Waals surface area contributed by atoms with Gasteiger partial charge in [-0.15, -0.1) is 0 Å². The van der Waals surface area contributed by atoms with Crippen LogP contribution in [0.2, 0.25) is 0 Å². The fourth-order valence-electron chi connectivity index (χ4n) is 4.11. The predicted octanol–water partition coefficient (Wildman–Crippen LogP) is 2.59. The molecule has 2 saturated heterocycles. The van der Waals surface area contributed by atoms with Crippen LogP contribution in [0.4, 0.5) is 5.82 Å². The minimum atomic E-state index is -0.681. The van der Waals surface area contributed by atoms with E-state index in [2.05, 4.69) is 21.0 Å². The van der Waals surface area contributed by atoms with Crippen LogP contribution in [0, 0.1) is 5.92 Å². The lowest BCUT2D eigenvalue weighted by atomic mass is 9.88. The van der Waals surface area contributed by atoms with Gasteiger partial charge in [0.2, 0.25) is 0 Å². The van der Waals surface area contributed by atoms with Gasteiger partial charge in [0.05, 0.1) is 5.39 Å². The molecule has 128 valence electrons. The summed E-state index contributed by atoms with van der Waals surface area (Å²) >= 11 is 0. The molecule has 3 heterocycles. The minimum absolute atomic E-state index is 0.292. The van der Waals surface area contributed by atoms with E-state index >= 15 is 0 Å². The molecule has 1 aromatic heterocycles. The lowest BCUT2D eigenvalue weighted by molar-refractivity contribution is -0.137. The SMILES string of the molecule is O=C(O)CC[C@@H]1CC[C@H]2CN(c3noc4ccccc34)CCN2C1. The van der Waals surface area contributed by atoms with Crippen LogP contribution in [0.15, 0.2) is 28.8 Å². The molecular formula is C18H23N3O3. The van der Waals surface area contributed by atoms with Gasteiger partial charge in [-0.05, 0) is 37.3 Å². The second-order valence-electron chi connectivity index (χ2n) is 6.97. The summed E-state index contributed by atoms with van der Waals surface area (Å²) in [6, 6.07) is 8.54. The molecule has 6 heteroatoms. The number of fused-ring (bicyclic) bond motifs is 2. The molecule has 0 unspecified atom stereocenters. The second kappa shape index (κ2) is 6.43. The van der Waals surface area contributed by atoms with E-state index in [0.717, 1.165) is 62.2 Å². The van der Waals surface area contributed by atoms with Gasteiger partial charge in [0.15, 0.2) is 11.4 Å². The van der Waals surface area contributed by atoms with Crippen molar-refractivity contribution < 1.29 is 14.4 Å². The van der Waals surface area contributed by atoms with E-state index in [0.29, 0.717) is 18.4 Å². The van der Waals surface area contributed by atoms with E-state index in [4.69, 9.17) is 9.63 Å². The summed E-state index contributed by atoms with van der Waals surface area (Å²) in [4.78, 5) is 15.6. The Morgan fingerprint density at radius 3 is 3.00 bits per heavy atom. The van der Waals surface area contributed by atoms with Gasteiger partial charge in [0.1, 0.15) is 0 Å². The number of piperidine rings is 1. The fraction of sp³-hybridized carbons (Fsp3) is 0.556. The van der Waals surface area contributed by atoms with Crippen molar-refractivity contribution in [2.24, 2.45) is 5.92 Å². The minimum Gasteiger partial charge on any atom is -0.481 e. The van der Waals surface area contributed by atoms with Crippen molar-refractivity contribution >= 4 is 22.8 Å². The van der Waals surface area contributed by atoms with Gasteiger partial charge in [-0.25, -0.2) is 0 Å². The normalized spacial score (nSPS) is 24.9. The molecule has 0 amide bonds. The number of carboxylic acid groups (broad SMARTS) is 1. The Morgan fingerprint density at radius 1 is 1.25 bits per heavy atom. The summed E-state index contributed by atoms with van der Waals surface area (Å²) in [6.45, 7) is 3.96. The molecule has 2 aromatic rings. The van der Waals surface area contributed by atoms with Gasteiger partial charge in [-0.2, -0.15) is 0 Å². The fourth-order valence-corrected chi connectivity index (χ4v) is 4.11. The Morgan fingerprint density at radius 2 is 2.12 bits per heavy atom. The second-order valence-corrected chi connectivity index (χ2v) is 6.97. The smallest absolute Gasteiger partial charge is 0.303 e. The molecule has 0 radical (unpaired) electrons. The number of hydrogen-bond donors (Lipinski definition) is 1. The first kappa shape index (κ1) is 15.4. The van der Waals surface area contributed by atoms with Gasteiger partial charge >= 0.3 is 5.97 Å². The number of para-hydroxylation sites is 1. The monoisotopic (exact) mass is 329 g/mol. The maximum absolute atomic E-state index is 10.8. The average molecular weight is 329 g/mol. The first-order valence-electron chi connectivity index (χ1n) is 8.76. The van der Waals surface area contributed by atoms with Crippen LogP contribution in [0.3, 0.4) is 0 Å². The Bertz CT molecular complexity index is 729. The van der Waals surface area contributed by atoms with Crippen molar-refractivity contribution in [2.75, 3.05) is 31.1 Å². The van der Waals surface area contributed by atoms with Crippen molar-refractivity contribution in [3.05, 3.63) is 24.3 Å². The third kappa shape index (κ3) is 2.98. The molecule has 24 heavy (non-hydrogen) atoms. The summed E-state index contributed by atoms with van der Waals surface area (Å²) in [6.07, 6.45) is 3.36. The average Bonchev–Trinajstić information content (AvgIpc) is 3.03. The van der Waals surface area contributed by atoms with Crippen molar-refractivity contribution in [2.45, 2.75) is 31.7 Å². The molecule has 0 saturated carbocycles. The third-order valence-corrected chi connectivity index (χ3v) is 5.43. The number of hydrogen-bond acceptors (Lipinski definition) is 5. The highest BCUT2D eigenvalue weighted by atomic mass is 16.5. The topological polar surface area (TPSA) is 69.8 Å². The van der Waals surface area contributed by atoms with Crippen molar-refractivity contribution in [3.63, 3.8) is 0 Å². The highest BCUT2D eigenvalue weighted by Crippen LogP contribution is 2.32. The summed E-state index contributed by atoms with van der Waals surface area (Å²) < 4.78 is 5.45. The highest BCUT2D eigenvalue weighted by Gasteiger charge is 2.34. The van der Waals surface area contributed by atoms with Gasteiger partial charge in [-0.3, -0.25) is 9.69 Å². The molecule has 2 aliphatic heterocycles. The maximum atomic E-state index is 10.8. The van der Waals surface area contributed by atoms with Crippen LogP contribution in [-0.4, -0.2) is 53.4 Å². The van der Waals surface area contributed by atoms with Crippen LogP contribution < -0.4 is 4.90 Å². The van der Waals surface area contributed by atoms with Crippen LogP contribution in [0.1, 0.15) is 25.7 Å². The Labute approximate surface area is 141 Å². The number of aromatic nitrogens is 1. The van der Waals surface area contributed by atoms with Crippen LogP contribution in [-0.2, 0) is 4.79 Å². The van der Waals surface area contributed by atoms with E-state index in [1.807, 2.05) is 18.2 Å². The van der Waals surface area contributed by atoms with Gasteiger partial charge < -0.3 is 14.5 Å². The number of rotatable bonds is 4. The van der Waals surface area contributed by atoms with Gasteiger partial charge in [0.25, 0.3) is 0 Å². The zero-order valence-corrected chi connectivity index (χ0v) is 13.7. The standard InChI is InChI=1S/C18H23N3O3/c22-17(23)8-6-13-5-7-14-12-21(10-9-20(14)11-13)18-15-3-1-2-4-16(15)24-19-18/h1-4,13-14H,5-12H2,(H,22,23)/t13-,14-/m0/s1. The summed E-state index contributed by atoms with van der Waals surface area (Å²) in [5, 5.41) is 14.2. The molecule has 1 N–H and O–H groups in total.